The van der Waals surface area contributed by atoms with Gasteiger partial charge in [-0.05, 0) is 56.8 Å². The Balaban J connectivity index is 3.14. The number of nitrogens with two attached hydrogens (primary N) is 1. The van der Waals surface area contributed by atoms with Crippen LogP contribution in [0.4, 0.5) is 0 Å². The maximum atomic E-state index is 5.51. The van der Waals surface area contributed by atoms with E-state index in [1.165, 1.54) is 12.7 Å². The van der Waals surface area contributed by atoms with Crippen LogP contribution in [0.5, 0.6) is 0 Å². The van der Waals surface area contributed by atoms with E-state index in [4.69, 9.17) is 5.73 Å². The second-order valence-corrected chi connectivity index (χ2v) is 4.16. The molecule has 2 N–H and O–H groups in total. The van der Waals surface area contributed by atoms with Gasteiger partial charge in [-0.25, -0.2) is 0 Å². The molecule has 0 aliphatic rings. The monoisotopic (exact) mass is 359 g/mol. The Morgan fingerprint density at radius 1 is 1.30 bits per heavy atom. The number of hydrogen-bond acceptors (Lipinski definition) is 1. The second-order valence-electron chi connectivity index (χ2n) is 1.92. The molecule has 0 aromatic heterocycles. The van der Waals surface area contributed by atoms with Crippen LogP contribution in [-0.2, 0) is 6.54 Å². The maximum absolute atomic E-state index is 5.51. The predicted molar refractivity (Wildman–Crippen MR) is 59.8 cm³/mol. The molecule has 0 saturated carbocycles. The van der Waals surface area contributed by atoms with E-state index >= 15 is 0 Å². The lowest BCUT2D eigenvalue weighted by atomic mass is 10.2. The molecule has 0 fully saturated rings. The summed E-state index contributed by atoms with van der Waals surface area (Å²) in [6.07, 6.45) is 0. The molecule has 1 rings (SSSR count). The van der Waals surface area contributed by atoms with Crippen molar-refractivity contribution in [2.45, 2.75) is 6.54 Å². The molecule has 0 aliphatic heterocycles. The Morgan fingerprint density at radius 2 is 2.00 bits per heavy atom. The van der Waals surface area contributed by atoms with E-state index in [1.807, 2.05) is 6.07 Å². The molecule has 1 aromatic rings. The first-order valence-electron chi connectivity index (χ1n) is 2.88. The van der Waals surface area contributed by atoms with Gasteiger partial charge in [0.1, 0.15) is 0 Å². The minimum absolute atomic E-state index is 0.634. The number of benzene rings is 1. The van der Waals surface area contributed by atoms with E-state index in [1.54, 1.807) is 0 Å². The first-order valence-corrected chi connectivity index (χ1v) is 5.04. The molecular weight excluding hydrogens is 352 g/mol. The van der Waals surface area contributed by atoms with E-state index < -0.39 is 0 Å². The lowest BCUT2D eigenvalue weighted by Gasteiger charge is -2.01. The summed E-state index contributed by atoms with van der Waals surface area (Å²) in [6, 6.07) is 6.18. The zero-order chi connectivity index (χ0) is 7.56. The van der Waals surface area contributed by atoms with Crippen molar-refractivity contribution in [3.05, 3.63) is 30.9 Å². The third-order valence-electron chi connectivity index (χ3n) is 1.25. The fourth-order valence-corrected chi connectivity index (χ4v) is 1.84. The second kappa shape index (κ2) is 3.87. The largest absolute Gasteiger partial charge is 0.326 e. The van der Waals surface area contributed by atoms with E-state index in [2.05, 4.69) is 57.3 Å². The quantitative estimate of drug-likeness (QED) is 0.766. The van der Waals surface area contributed by atoms with Gasteiger partial charge in [-0.15, -0.1) is 0 Å². The molecule has 0 radical (unpaired) electrons. The van der Waals surface area contributed by atoms with Gasteiger partial charge in [-0.2, -0.15) is 0 Å². The molecule has 0 spiro atoms. The van der Waals surface area contributed by atoms with E-state index in [-0.39, 0.29) is 0 Å². The van der Waals surface area contributed by atoms with Crippen molar-refractivity contribution >= 4 is 45.2 Å². The Morgan fingerprint density at radius 3 is 2.50 bits per heavy atom. The van der Waals surface area contributed by atoms with E-state index in [0.717, 1.165) is 0 Å². The summed E-state index contributed by atoms with van der Waals surface area (Å²) in [7, 11) is 0. The molecule has 0 saturated heterocycles. The van der Waals surface area contributed by atoms with Crippen LogP contribution < -0.4 is 5.73 Å². The van der Waals surface area contributed by atoms with Crippen LogP contribution in [0.25, 0.3) is 0 Å². The zero-order valence-corrected chi connectivity index (χ0v) is 9.59. The fraction of sp³-hybridized carbons (Fsp3) is 0.143. The molecule has 1 aromatic carbocycles. The summed E-state index contributed by atoms with van der Waals surface area (Å²) >= 11 is 4.63. The van der Waals surface area contributed by atoms with Crippen LogP contribution in [0, 0.1) is 7.14 Å². The summed E-state index contributed by atoms with van der Waals surface area (Å²) in [4.78, 5) is 0. The minimum atomic E-state index is 0.634. The van der Waals surface area contributed by atoms with Gasteiger partial charge in [0, 0.05) is 13.7 Å². The molecular formula is C7H7I2N. The molecule has 1 nitrogen and oxygen atoms in total. The highest BCUT2D eigenvalue weighted by Crippen LogP contribution is 2.18. The average molecular weight is 359 g/mol. The van der Waals surface area contributed by atoms with E-state index in [0.29, 0.717) is 6.54 Å². The van der Waals surface area contributed by atoms with Gasteiger partial charge < -0.3 is 5.73 Å². The van der Waals surface area contributed by atoms with Crippen molar-refractivity contribution in [1.82, 2.24) is 0 Å². The van der Waals surface area contributed by atoms with Gasteiger partial charge in [0.25, 0.3) is 0 Å². The molecule has 0 heterocycles. The number of hydrogen-bond donors (Lipinski definition) is 1. The van der Waals surface area contributed by atoms with Crippen LogP contribution >= 0.6 is 45.2 Å². The standard InChI is InChI=1S/C7H7I2N/c8-6-3-1-2-5(4-10)7(6)9/h1-3H,4,10H2. The highest BCUT2D eigenvalue weighted by Gasteiger charge is 1.99. The van der Waals surface area contributed by atoms with Gasteiger partial charge in [-0.1, -0.05) is 12.1 Å². The molecule has 54 valence electrons. The van der Waals surface area contributed by atoms with Crippen molar-refractivity contribution in [3.8, 4) is 0 Å². The molecule has 0 atom stereocenters. The normalized spacial score (nSPS) is 9.90. The van der Waals surface area contributed by atoms with Crippen LogP contribution in [0.3, 0.4) is 0 Å². The lowest BCUT2D eigenvalue weighted by Crippen LogP contribution is -1.99. The maximum Gasteiger partial charge on any atom is 0.0308 e. The van der Waals surface area contributed by atoms with Gasteiger partial charge in [0.2, 0.25) is 0 Å². The summed E-state index contributed by atoms with van der Waals surface area (Å²) in [5.41, 5.74) is 6.74. The summed E-state index contributed by atoms with van der Waals surface area (Å²) in [5, 5.41) is 0. The van der Waals surface area contributed by atoms with Crippen molar-refractivity contribution in [2.24, 2.45) is 5.73 Å². The lowest BCUT2D eigenvalue weighted by molar-refractivity contribution is 1.06. The SMILES string of the molecule is NCc1cccc(I)c1I. The van der Waals surface area contributed by atoms with Gasteiger partial charge >= 0.3 is 0 Å². The Kier molecular flexibility index (Phi) is 3.38. The van der Waals surface area contributed by atoms with Gasteiger partial charge in [0.05, 0.1) is 0 Å². The van der Waals surface area contributed by atoms with E-state index in [9.17, 15) is 0 Å². The Hall–Kier alpha value is 0.640. The minimum Gasteiger partial charge on any atom is -0.326 e. The van der Waals surface area contributed by atoms with Crippen molar-refractivity contribution < 1.29 is 0 Å². The number of rotatable bonds is 1. The molecule has 10 heavy (non-hydrogen) atoms. The van der Waals surface area contributed by atoms with Crippen LogP contribution in [0.1, 0.15) is 5.56 Å². The predicted octanol–water partition coefficient (Wildman–Crippen LogP) is 2.35. The van der Waals surface area contributed by atoms with Crippen LogP contribution in [-0.4, -0.2) is 0 Å². The molecule has 3 heteroatoms. The smallest absolute Gasteiger partial charge is 0.0308 e. The van der Waals surface area contributed by atoms with Crippen molar-refractivity contribution in [2.75, 3.05) is 0 Å². The molecule has 0 aliphatic carbocycles. The zero-order valence-electron chi connectivity index (χ0n) is 5.27. The summed E-state index contributed by atoms with van der Waals surface area (Å²) in [6.45, 7) is 0.634. The average Bonchev–Trinajstić information content (AvgIpc) is 1.95. The third kappa shape index (κ3) is 1.82. The van der Waals surface area contributed by atoms with Gasteiger partial charge in [0.15, 0.2) is 0 Å². The van der Waals surface area contributed by atoms with Gasteiger partial charge in [-0.3, -0.25) is 0 Å². The highest BCUT2D eigenvalue weighted by atomic mass is 127. The Labute approximate surface area is 87.7 Å². The molecule has 0 bridgehead atoms. The topological polar surface area (TPSA) is 26.0 Å². The molecule has 0 unspecified atom stereocenters. The summed E-state index contributed by atoms with van der Waals surface area (Å²) < 4.78 is 2.56. The van der Waals surface area contributed by atoms with Crippen LogP contribution in [0.15, 0.2) is 18.2 Å². The first-order chi connectivity index (χ1) is 4.75. The van der Waals surface area contributed by atoms with Crippen molar-refractivity contribution in [3.63, 3.8) is 0 Å². The first kappa shape index (κ1) is 8.73. The summed E-state index contributed by atoms with van der Waals surface area (Å²) in [5.74, 6) is 0. The number of halogens is 2. The molecule has 0 amide bonds. The Bertz CT molecular complexity index is 235. The fourth-order valence-electron chi connectivity index (χ4n) is 0.706. The van der Waals surface area contributed by atoms with Crippen molar-refractivity contribution in [1.29, 1.82) is 0 Å². The third-order valence-corrected chi connectivity index (χ3v) is 4.46. The van der Waals surface area contributed by atoms with Crippen LogP contribution in [0.2, 0.25) is 0 Å². The highest BCUT2D eigenvalue weighted by molar-refractivity contribution is 14.1.